The summed E-state index contributed by atoms with van der Waals surface area (Å²) in [7, 11) is 0. The number of pyridine rings is 1. The van der Waals surface area contributed by atoms with E-state index in [2.05, 4.69) is 15.3 Å². The fraction of sp³-hybridized carbons (Fsp3) is 0.192. The zero-order chi connectivity index (χ0) is 24.1. The Balaban J connectivity index is 1.60. The van der Waals surface area contributed by atoms with Crippen LogP contribution in [0, 0.1) is 11.6 Å². The van der Waals surface area contributed by atoms with Crippen molar-refractivity contribution < 1.29 is 23.8 Å². The summed E-state index contributed by atoms with van der Waals surface area (Å²) in [5, 5.41) is 22.4. The van der Waals surface area contributed by atoms with E-state index in [9.17, 15) is 23.8 Å². The van der Waals surface area contributed by atoms with Crippen molar-refractivity contribution in [2.75, 3.05) is 13.2 Å². The quantitative estimate of drug-likeness (QED) is 0.479. The molecule has 0 aliphatic carbocycles. The average molecular weight is 463 g/mol. The lowest BCUT2D eigenvalue weighted by atomic mass is 9.98. The number of carbonyl (C=O) groups excluding carboxylic acids is 1. The summed E-state index contributed by atoms with van der Waals surface area (Å²) in [4.78, 5) is 21.8. The number of amides is 1. The number of aliphatic hydroxyl groups is 2. The number of nitrogens with one attached hydrogen (secondary N) is 1. The van der Waals surface area contributed by atoms with Crippen LogP contribution in [0.3, 0.4) is 0 Å². The molecule has 3 N–H and O–H groups in total. The number of benzene rings is 2. The summed E-state index contributed by atoms with van der Waals surface area (Å²) in [6, 6.07) is 14.5. The second-order valence-corrected chi connectivity index (χ2v) is 7.90. The van der Waals surface area contributed by atoms with Crippen molar-refractivity contribution in [2.45, 2.75) is 18.6 Å². The lowest BCUT2D eigenvalue weighted by molar-refractivity contribution is 0.0565. The fourth-order valence-electron chi connectivity index (χ4n) is 3.79. The van der Waals surface area contributed by atoms with Gasteiger partial charge in [-0.2, -0.15) is 0 Å². The van der Waals surface area contributed by atoms with Crippen molar-refractivity contribution in [1.82, 2.24) is 10.3 Å². The van der Waals surface area contributed by atoms with Gasteiger partial charge in [-0.25, -0.2) is 8.78 Å². The third-order valence-corrected chi connectivity index (χ3v) is 5.58. The number of aliphatic imine (C=N–C) groups is 1. The van der Waals surface area contributed by atoms with Crippen molar-refractivity contribution in [1.29, 1.82) is 0 Å². The van der Waals surface area contributed by atoms with Crippen LogP contribution in [0.4, 0.5) is 8.78 Å². The zero-order valence-corrected chi connectivity index (χ0v) is 18.2. The number of halogens is 2. The monoisotopic (exact) mass is 463 g/mol. The molecule has 0 unspecified atom stereocenters. The van der Waals surface area contributed by atoms with Gasteiger partial charge in [0.15, 0.2) is 0 Å². The first-order valence-electron chi connectivity index (χ1n) is 10.8. The van der Waals surface area contributed by atoms with E-state index in [0.29, 0.717) is 11.4 Å². The molecule has 0 spiro atoms. The number of carbonyl (C=O) groups is 1. The smallest absolute Gasteiger partial charge is 0.252 e. The zero-order valence-electron chi connectivity index (χ0n) is 18.2. The highest BCUT2D eigenvalue weighted by molar-refractivity contribution is 6.19. The van der Waals surface area contributed by atoms with Crippen molar-refractivity contribution in [2.24, 2.45) is 4.99 Å². The highest BCUT2D eigenvalue weighted by atomic mass is 19.1. The van der Waals surface area contributed by atoms with Gasteiger partial charge in [0, 0.05) is 23.9 Å². The lowest BCUT2D eigenvalue weighted by Crippen LogP contribution is -2.46. The van der Waals surface area contributed by atoms with Gasteiger partial charge in [0.1, 0.15) is 11.6 Å². The van der Waals surface area contributed by atoms with E-state index in [1.165, 1.54) is 30.3 Å². The van der Waals surface area contributed by atoms with Crippen LogP contribution >= 0.6 is 0 Å². The summed E-state index contributed by atoms with van der Waals surface area (Å²) in [5.41, 5.74) is 2.52. The van der Waals surface area contributed by atoms with Gasteiger partial charge in [-0.1, -0.05) is 24.3 Å². The van der Waals surface area contributed by atoms with E-state index in [1.54, 1.807) is 42.6 Å². The number of hydrogen-bond acceptors (Lipinski definition) is 5. The van der Waals surface area contributed by atoms with E-state index in [4.69, 9.17) is 0 Å². The molecule has 1 aliphatic rings. The van der Waals surface area contributed by atoms with Gasteiger partial charge >= 0.3 is 0 Å². The van der Waals surface area contributed by atoms with Gasteiger partial charge in [-0.15, -0.1) is 0 Å². The summed E-state index contributed by atoms with van der Waals surface area (Å²) < 4.78 is 28.2. The normalized spacial score (nSPS) is 14.8. The third kappa shape index (κ3) is 5.24. The van der Waals surface area contributed by atoms with Crippen LogP contribution in [0.1, 0.15) is 27.2 Å². The predicted molar refractivity (Wildman–Crippen MR) is 124 cm³/mol. The molecule has 3 aromatic rings. The summed E-state index contributed by atoms with van der Waals surface area (Å²) >= 11 is 0. The molecular weight excluding hydrogens is 440 g/mol. The molecule has 6 nitrogen and oxygen atoms in total. The molecule has 1 aromatic heterocycles. The van der Waals surface area contributed by atoms with Crippen LogP contribution in [-0.2, 0) is 6.42 Å². The number of nitrogens with zero attached hydrogens (tertiary/aromatic N) is 2. The topological polar surface area (TPSA) is 94.8 Å². The van der Waals surface area contributed by atoms with Crippen LogP contribution in [0.15, 0.2) is 77.9 Å². The number of aromatic nitrogens is 1. The van der Waals surface area contributed by atoms with Crippen LogP contribution < -0.4 is 5.32 Å². The Morgan fingerprint density at radius 3 is 2.56 bits per heavy atom. The van der Waals surface area contributed by atoms with Gasteiger partial charge in [0.2, 0.25) is 0 Å². The molecule has 8 heteroatoms. The van der Waals surface area contributed by atoms with E-state index in [-0.39, 0.29) is 29.9 Å². The van der Waals surface area contributed by atoms with Crippen molar-refractivity contribution in [3.8, 4) is 0 Å². The second kappa shape index (κ2) is 10.5. The van der Waals surface area contributed by atoms with Crippen LogP contribution in [0.5, 0.6) is 0 Å². The average Bonchev–Trinajstić information content (AvgIpc) is 3.33. The number of aliphatic hydroxyl groups excluding tert-OH is 2. The summed E-state index contributed by atoms with van der Waals surface area (Å²) in [5.74, 6) is -1.59. The molecule has 0 bridgehead atoms. The first-order valence-corrected chi connectivity index (χ1v) is 10.8. The Kier molecular flexibility index (Phi) is 7.20. The maximum absolute atomic E-state index is 14.9. The van der Waals surface area contributed by atoms with Crippen molar-refractivity contribution >= 4 is 17.2 Å². The Morgan fingerprint density at radius 1 is 1.06 bits per heavy atom. The molecule has 0 fully saturated rings. The summed E-state index contributed by atoms with van der Waals surface area (Å²) in [6.45, 7) is -0.299. The largest absolute Gasteiger partial charge is 0.394 e. The van der Waals surface area contributed by atoms with Gasteiger partial charge in [0.25, 0.3) is 5.91 Å². The van der Waals surface area contributed by atoms with Gasteiger partial charge in [0.05, 0.1) is 36.6 Å². The highest BCUT2D eigenvalue weighted by Gasteiger charge is 2.26. The molecule has 174 valence electrons. The standard InChI is InChI=1S/C26H23F2N3O3/c27-18-9-7-16(8-10-18)17-12-23(30-14-17)25-20(5-3-6-21(25)28)26(34)31-22(24(33)15-32)13-19-4-1-2-11-29-19/h1-12,22,24,32-33H,13-15H2,(H,31,34)/t22-,24+/m1/s1. The Hall–Kier alpha value is -3.75. The Bertz CT molecular complexity index is 1230. The minimum atomic E-state index is -1.24. The molecule has 0 saturated heterocycles. The van der Waals surface area contributed by atoms with Gasteiger partial charge < -0.3 is 15.5 Å². The molecule has 2 heterocycles. The fourth-order valence-corrected chi connectivity index (χ4v) is 3.79. The molecule has 0 saturated carbocycles. The summed E-state index contributed by atoms with van der Waals surface area (Å²) in [6.07, 6.45) is 2.20. The van der Waals surface area contributed by atoms with E-state index in [0.717, 1.165) is 11.1 Å². The van der Waals surface area contributed by atoms with Gasteiger partial charge in [-0.05, 0) is 53.6 Å². The van der Waals surface area contributed by atoms with Crippen molar-refractivity contribution in [3.63, 3.8) is 0 Å². The minimum absolute atomic E-state index is 0.0344. The van der Waals surface area contributed by atoms with Crippen molar-refractivity contribution in [3.05, 3.63) is 107 Å². The molecule has 0 radical (unpaired) electrons. The van der Waals surface area contributed by atoms with Crippen LogP contribution in [0.2, 0.25) is 0 Å². The van der Waals surface area contributed by atoms with Crippen LogP contribution in [-0.4, -0.2) is 52.1 Å². The Labute approximate surface area is 195 Å². The first kappa shape index (κ1) is 23.4. The SMILES string of the molecule is O=C(N[C@H](Cc1ccccn1)[C@@H](O)CO)c1cccc(F)c1C1=NCC(c2ccc(F)cc2)=C1. The maximum Gasteiger partial charge on any atom is 0.252 e. The van der Waals surface area contributed by atoms with E-state index in [1.807, 2.05) is 0 Å². The number of allylic oxidation sites excluding steroid dienone is 1. The highest BCUT2D eigenvalue weighted by Crippen LogP contribution is 2.25. The molecule has 1 aliphatic heterocycles. The molecule has 34 heavy (non-hydrogen) atoms. The number of hydrogen-bond donors (Lipinski definition) is 3. The Morgan fingerprint density at radius 2 is 1.85 bits per heavy atom. The molecular formula is C26H23F2N3O3. The molecule has 2 atom stereocenters. The number of rotatable bonds is 8. The first-order chi connectivity index (χ1) is 16.5. The van der Waals surface area contributed by atoms with Gasteiger partial charge in [-0.3, -0.25) is 14.8 Å². The molecule has 2 aromatic carbocycles. The van der Waals surface area contributed by atoms with E-state index < -0.39 is 30.5 Å². The molecule has 4 rings (SSSR count). The predicted octanol–water partition coefficient (Wildman–Crippen LogP) is 2.94. The van der Waals surface area contributed by atoms with E-state index >= 15 is 0 Å². The molecule has 1 amide bonds. The third-order valence-electron chi connectivity index (χ3n) is 5.58. The minimum Gasteiger partial charge on any atom is -0.394 e. The second-order valence-electron chi connectivity index (χ2n) is 7.90. The lowest BCUT2D eigenvalue weighted by Gasteiger charge is -2.23. The maximum atomic E-state index is 14.9. The van der Waals surface area contributed by atoms with Crippen LogP contribution in [0.25, 0.3) is 5.57 Å².